The summed E-state index contributed by atoms with van der Waals surface area (Å²) in [5.41, 5.74) is 3.28. The molecule has 2 bridgehead atoms. The highest BCUT2D eigenvalue weighted by molar-refractivity contribution is 5.97. The van der Waals surface area contributed by atoms with Crippen molar-refractivity contribution in [2.75, 3.05) is 32.6 Å². The maximum absolute atomic E-state index is 14.5. The molecule has 1 aliphatic heterocycles. The molecule has 9 nitrogen and oxygen atoms in total. The number of aliphatic imine (C=N–C) groups is 1. The molecule has 3 aromatic rings. The molecule has 1 aromatic heterocycles. The van der Waals surface area contributed by atoms with Crippen LogP contribution in [0.5, 0.6) is 5.75 Å². The molecular weight excluding hydrogens is 571 g/mol. The second-order valence-electron chi connectivity index (χ2n) is 13.6. The Hall–Kier alpha value is -3.95. The van der Waals surface area contributed by atoms with E-state index in [1.807, 2.05) is 18.2 Å². The number of nitrogens with zero attached hydrogens (tertiary/aromatic N) is 5. The number of fused-ring (bicyclic) bond motifs is 3. The number of benzene rings is 2. The third-order valence-electron chi connectivity index (χ3n) is 10.8. The van der Waals surface area contributed by atoms with Crippen LogP contribution in [0.4, 0.5) is 10.1 Å². The lowest BCUT2D eigenvalue weighted by molar-refractivity contribution is -0.108. The summed E-state index contributed by atoms with van der Waals surface area (Å²) < 4.78 is 21.1. The average molecular weight is 617 g/mol. The van der Waals surface area contributed by atoms with Gasteiger partial charge >= 0.3 is 0 Å². The van der Waals surface area contributed by atoms with E-state index < -0.39 is 0 Å². The number of hydrogen-bond donors (Lipinski definition) is 1. The molecule has 0 spiro atoms. The van der Waals surface area contributed by atoms with Crippen molar-refractivity contribution in [2.24, 2.45) is 39.2 Å². The minimum atomic E-state index is -0.349. The molecule has 1 saturated heterocycles. The zero-order chi connectivity index (χ0) is 31.9. The fraction of sp³-hybridized carbons (Fsp3) is 0.543. The topological polar surface area (TPSA) is 93.3 Å². The second kappa shape index (κ2) is 12.4. The Kier molecular flexibility index (Phi) is 8.59. The number of nitrogens with one attached hydrogen (secondary N) is 1. The van der Waals surface area contributed by atoms with E-state index in [4.69, 9.17) is 14.6 Å². The Morgan fingerprint density at radius 1 is 1.16 bits per heavy atom. The fourth-order valence-electron chi connectivity index (χ4n) is 7.73. The minimum Gasteiger partial charge on any atom is -0.497 e. The fourth-order valence-corrected chi connectivity index (χ4v) is 7.73. The number of piperidine rings is 1. The number of ether oxygens (including phenoxy) is 1. The number of aromatic nitrogens is 2. The molecule has 2 heterocycles. The number of anilines is 1. The van der Waals surface area contributed by atoms with Crippen LogP contribution in [0.1, 0.15) is 52.5 Å². The van der Waals surface area contributed by atoms with Crippen molar-refractivity contribution < 1.29 is 14.0 Å². The van der Waals surface area contributed by atoms with Gasteiger partial charge in [0.15, 0.2) is 5.96 Å². The van der Waals surface area contributed by atoms with Gasteiger partial charge in [0.1, 0.15) is 18.7 Å². The maximum atomic E-state index is 14.5. The van der Waals surface area contributed by atoms with Crippen molar-refractivity contribution in [2.45, 2.75) is 66.0 Å². The predicted octanol–water partition coefficient (Wildman–Crippen LogP) is 5.97. The zero-order valence-electron chi connectivity index (χ0n) is 27.2. The van der Waals surface area contributed by atoms with E-state index in [0.29, 0.717) is 58.4 Å². The molecule has 5 atom stereocenters. The summed E-state index contributed by atoms with van der Waals surface area (Å²) in [6.07, 6.45) is 5.14. The number of guanidine groups is 1. The van der Waals surface area contributed by atoms with Gasteiger partial charge in [0.2, 0.25) is 0 Å². The maximum Gasteiger partial charge on any atom is 0.261 e. The number of halogens is 1. The summed E-state index contributed by atoms with van der Waals surface area (Å²) in [6.45, 7) is 11.3. The summed E-state index contributed by atoms with van der Waals surface area (Å²) in [6, 6.07) is 10.7. The quantitative estimate of drug-likeness (QED) is 0.200. The van der Waals surface area contributed by atoms with E-state index in [1.54, 1.807) is 25.6 Å². The van der Waals surface area contributed by atoms with Gasteiger partial charge in [0.05, 0.1) is 36.1 Å². The van der Waals surface area contributed by atoms with Crippen molar-refractivity contribution in [1.29, 1.82) is 0 Å². The van der Waals surface area contributed by atoms with Gasteiger partial charge in [-0.1, -0.05) is 38.9 Å². The zero-order valence-corrected chi connectivity index (χ0v) is 27.2. The SMILES string of the molecule is CO/N=C1\CCN(/C(=N\C2C[C@@H]3C[C@H]([C@@H]2C)C3(C)C)Nc2ccc3c(=O)n(CCc4ccc(OC)cc4F)cnc3c2)CC1C. The van der Waals surface area contributed by atoms with Crippen molar-refractivity contribution in [3.8, 4) is 5.75 Å². The number of rotatable bonds is 7. The molecular formula is C35H45FN6O3. The van der Waals surface area contributed by atoms with Gasteiger partial charge in [-0.2, -0.15) is 0 Å². The predicted molar refractivity (Wildman–Crippen MR) is 176 cm³/mol. The first kappa shape index (κ1) is 31.0. The molecule has 3 saturated carbocycles. The summed E-state index contributed by atoms with van der Waals surface area (Å²) in [4.78, 5) is 30.8. The van der Waals surface area contributed by atoms with Crippen LogP contribution in [0, 0.1) is 34.9 Å². The van der Waals surface area contributed by atoms with E-state index in [9.17, 15) is 9.18 Å². The highest BCUT2D eigenvalue weighted by Gasteiger charge is 2.56. The van der Waals surface area contributed by atoms with Gasteiger partial charge in [0.25, 0.3) is 5.56 Å². The third kappa shape index (κ3) is 6.03. The monoisotopic (exact) mass is 616 g/mol. The van der Waals surface area contributed by atoms with Gasteiger partial charge in [-0.15, -0.1) is 0 Å². The van der Waals surface area contributed by atoms with Gasteiger partial charge < -0.3 is 19.8 Å². The van der Waals surface area contributed by atoms with E-state index >= 15 is 0 Å². The van der Waals surface area contributed by atoms with Crippen LogP contribution in [0.15, 0.2) is 57.7 Å². The summed E-state index contributed by atoms with van der Waals surface area (Å²) in [7, 11) is 3.10. The van der Waals surface area contributed by atoms with Crippen molar-refractivity contribution >= 4 is 28.3 Å². The summed E-state index contributed by atoms with van der Waals surface area (Å²) in [5, 5.41) is 8.41. The molecule has 7 rings (SSSR count). The van der Waals surface area contributed by atoms with Gasteiger partial charge in [0, 0.05) is 43.7 Å². The number of hydrogen-bond acceptors (Lipinski definition) is 6. The molecule has 240 valence electrons. The van der Waals surface area contributed by atoms with Gasteiger partial charge in [-0.05, 0) is 72.3 Å². The second-order valence-corrected chi connectivity index (χ2v) is 13.6. The molecule has 3 aliphatic carbocycles. The standard InChI is InChI=1S/C35H45FN6O3/c1-21-19-41(14-12-30(21)40-45-6)34(39-31-16-24-15-28(22(31)2)35(24,3)4)38-25-8-10-27-32(17-25)37-20-42(33(27)43)13-11-23-7-9-26(44-5)18-29(23)36/h7-10,17-18,20-22,24,28,31H,11-16,19H2,1-6H3,(H,38,39)/b40-30+/t21?,22-,24-,28+,31?/m0/s1. The Labute approximate surface area is 264 Å². The molecule has 4 aliphatic rings. The van der Waals surface area contributed by atoms with E-state index in [1.165, 1.54) is 24.2 Å². The average Bonchev–Trinajstić information content (AvgIpc) is 3.02. The van der Waals surface area contributed by atoms with E-state index in [0.717, 1.165) is 43.3 Å². The van der Waals surface area contributed by atoms with Gasteiger partial charge in [-0.3, -0.25) is 9.36 Å². The van der Waals surface area contributed by atoms with Crippen LogP contribution < -0.4 is 15.6 Å². The van der Waals surface area contributed by atoms with Crippen molar-refractivity contribution in [3.05, 3.63) is 64.5 Å². The summed E-state index contributed by atoms with van der Waals surface area (Å²) >= 11 is 0. The van der Waals surface area contributed by atoms with Crippen LogP contribution >= 0.6 is 0 Å². The molecule has 2 unspecified atom stereocenters. The van der Waals surface area contributed by atoms with Gasteiger partial charge in [-0.25, -0.2) is 14.4 Å². The lowest BCUT2D eigenvalue weighted by Gasteiger charge is -2.61. The van der Waals surface area contributed by atoms with Crippen molar-refractivity contribution in [3.63, 3.8) is 0 Å². The van der Waals surface area contributed by atoms with Crippen LogP contribution in [-0.2, 0) is 17.8 Å². The van der Waals surface area contributed by atoms with E-state index in [-0.39, 0.29) is 23.3 Å². The molecule has 4 fully saturated rings. The lowest BCUT2D eigenvalue weighted by Crippen LogP contribution is -2.57. The number of aryl methyl sites for hydroxylation is 2. The van der Waals surface area contributed by atoms with E-state index in [2.05, 4.69) is 48.1 Å². The highest BCUT2D eigenvalue weighted by atomic mass is 19.1. The molecule has 2 aromatic carbocycles. The lowest BCUT2D eigenvalue weighted by atomic mass is 9.45. The minimum absolute atomic E-state index is 0.151. The Bertz CT molecular complexity index is 1680. The first-order chi connectivity index (χ1) is 21.6. The Morgan fingerprint density at radius 3 is 2.67 bits per heavy atom. The molecule has 1 N–H and O–H groups in total. The molecule has 10 heteroatoms. The Balaban J connectivity index is 1.23. The van der Waals surface area contributed by atoms with Crippen LogP contribution in [0.25, 0.3) is 10.9 Å². The molecule has 0 radical (unpaired) electrons. The number of likely N-dealkylation sites (tertiary alicyclic amines) is 1. The van der Waals surface area contributed by atoms with Crippen LogP contribution in [0.2, 0.25) is 0 Å². The normalized spacial score (nSPS) is 26.9. The highest BCUT2D eigenvalue weighted by Crippen LogP contribution is 2.61. The first-order valence-corrected chi connectivity index (χ1v) is 16.1. The third-order valence-corrected chi connectivity index (χ3v) is 10.8. The van der Waals surface area contributed by atoms with Crippen molar-refractivity contribution in [1.82, 2.24) is 14.5 Å². The number of methoxy groups -OCH3 is 1. The largest absolute Gasteiger partial charge is 0.497 e. The molecule has 0 amide bonds. The first-order valence-electron chi connectivity index (χ1n) is 16.1. The molecule has 45 heavy (non-hydrogen) atoms. The summed E-state index contributed by atoms with van der Waals surface area (Å²) in [5.74, 6) is 3.14. The van der Waals surface area contributed by atoms with Crippen LogP contribution in [0.3, 0.4) is 0 Å². The smallest absolute Gasteiger partial charge is 0.261 e. The Morgan fingerprint density at radius 2 is 1.98 bits per heavy atom. The number of oxime groups is 1. The van der Waals surface area contributed by atoms with Crippen LogP contribution in [-0.4, -0.2) is 59.5 Å².